The van der Waals surface area contributed by atoms with Crippen LogP contribution in [0.15, 0.2) is 133 Å². The summed E-state index contributed by atoms with van der Waals surface area (Å²) in [6.07, 6.45) is 0.733. The van der Waals surface area contributed by atoms with Crippen LogP contribution in [0.4, 0.5) is 0 Å². The van der Waals surface area contributed by atoms with Gasteiger partial charge < -0.3 is 18.6 Å². The summed E-state index contributed by atoms with van der Waals surface area (Å²) in [6, 6.07) is 46.8. The molecule has 0 unspecified atom stereocenters. The van der Waals surface area contributed by atoms with Gasteiger partial charge in [-0.3, -0.25) is 9.59 Å². The topological polar surface area (TPSA) is 62.5 Å². The zero-order valence-corrected chi connectivity index (χ0v) is 30.1. The van der Waals surface area contributed by atoms with E-state index in [1.807, 2.05) is 26.0 Å². The van der Waals surface area contributed by atoms with Gasteiger partial charge in [0.05, 0.1) is 22.1 Å². The van der Waals surface area contributed by atoms with Gasteiger partial charge in [-0.25, -0.2) is 0 Å². The molecule has 0 bridgehead atoms. The van der Waals surface area contributed by atoms with Crippen LogP contribution in [0, 0.1) is 0 Å². The first-order valence-electron chi connectivity index (χ1n) is 18.1. The number of carbonyl (C=O) groups is 2. The zero-order chi connectivity index (χ0) is 36.2. The van der Waals surface area contributed by atoms with Crippen LogP contribution in [-0.4, -0.2) is 21.1 Å². The molecule has 0 aliphatic carbocycles. The number of carbonyl (C=O) groups excluding carboxylic acids is 2. The van der Waals surface area contributed by atoms with Gasteiger partial charge >= 0.3 is 11.9 Å². The average Bonchev–Trinajstić information content (AvgIpc) is 3.72. The number of nitrogens with zero attached hydrogens (tertiary/aromatic N) is 2. The third-order valence-electron chi connectivity index (χ3n) is 9.44. The summed E-state index contributed by atoms with van der Waals surface area (Å²) < 4.78 is 15.4. The number of hydrogen-bond acceptors (Lipinski definition) is 4. The number of esters is 2. The van der Waals surface area contributed by atoms with Gasteiger partial charge in [-0.1, -0.05) is 100 Å². The van der Waals surface area contributed by atoms with E-state index in [4.69, 9.17) is 9.47 Å². The second-order valence-corrected chi connectivity index (χ2v) is 12.5. The average molecular weight is 687 g/mol. The van der Waals surface area contributed by atoms with E-state index in [0.717, 1.165) is 77.2 Å². The van der Waals surface area contributed by atoms with E-state index in [1.165, 1.54) is 0 Å². The fourth-order valence-corrected chi connectivity index (χ4v) is 6.91. The van der Waals surface area contributed by atoms with Gasteiger partial charge in [0.25, 0.3) is 0 Å². The summed E-state index contributed by atoms with van der Waals surface area (Å²) in [5, 5.41) is 4.58. The molecule has 260 valence electrons. The number of aromatic nitrogens is 2. The Hall–Kier alpha value is -6.14. The maximum Gasteiger partial charge on any atom is 0.305 e. The minimum Gasteiger partial charge on any atom is -0.461 e. The van der Waals surface area contributed by atoms with Gasteiger partial charge in [-0.05, 0) is 82.9 Å². The first-order valence-corrected chi connectivity index (χ1v) is 18.1. The molecular formula is C46H42N2O4. The van der Waals surface area contributed by atoms with E-state index in [0.29, 0.717) is 12.8 Å². The van der Waals surface area contributed by atoms with E-state index in [1.54, 1.807) is 13.8 Å². The largest absolute Gasteiger partial charge is 0.461 e. The van der Waals surface area contributed by atoms with Crippen LogP contribution in [-0.2, 0) is 32.3 Å². The lowest BCUT2D eigenvalue weighted by Gasteiger charge is -2.11. The number of benzene rings is 6. The molecule has 8 aromatic rings. The molecule has 8 rings (SSSR count). The van der Waals surface area contributed by atoms with E-state index in [-0.39, 0.29) is 25.2 Å². The Balaban J connectivity index is 0.00000207. The molecule has 6 nitrogen and oxygen atoms in total. The van der Waals surface area contributed by atoms with Crippen molar-refractivity contribution >= 4 is 55.6 Å². The van der Waals surface area contributed by atoms with E-state index < -0.39 is 0 Å². The molecule has 0 fully saturated rings. The Bertz CT molecular complexity index is 2360. The Morgan fingerprint density at radius 2 is 0.827 bits per heavy atom. The summed E-state index contributed by atoms with van der Waals surface area (Å²) in [5.74, 6) is -0.395. The van der Waals surface area contributed by atoms with E-state index in [9.17, 15) is 9.59 Å². The summed E-state index contributed by atoms with van der Waals surface area (Å²) in [6.45, 7) is 8.15. The standard InChI is InChI=1S/C44H36N2O4.C2H6/c1-3-43(47)49-27-29-13-23-41-37(25-29)35-9-5-7-11-39(35)45(41)33-19-15-31(16-20-33)32-17-21-34(22-18-32)46-40-12-8-6-10-36(40)38-26-30(14-24-42(38)46)28-50-44(48)4-2;1-2/h5-26H,3-4,27-28H2,1-2H3;1-2H3. The van der Waals surface area contributed by atoms with Gasteiger partial charge in [0.15, 0.2) is 0 Å². The van der Waals surface area contributed by atoms with Crippen molar-refractivity contribution in [2.75, 3.05) is 0 Å². The van der Waals surface area contributed by atoms with Crippen molar-refractivity contribution in [2.24, 2.45) is 0 Å². The monoisotopic (exact) mass is 686 g/mol. The van der Waals surface area contributed by atoms with Crippen molar-refractivity contribution in [2.45, 2.75) is 53.8 Å². The van der Waals surface area contributed by atoms with Crippen molar-refractivity contribution in [3.05, 3.63) is 145 Å². The molecule has 6 heteroatoms. The third-order valence-corrected chi connectivity index (χ3v) is 9.44. The van der Waals surface area contributed by atoms with Crippen LogP contribution in [0.3, 0.4) is 0 Å². The van der Waals surface area contributed by atoms with E-state index in [2.05, 4.69) is 130 Å². The Morgan fingerprint density at radius 3 is 1.21 bits per heavy atom. The first kappa shape index (κ1) is 34.3. The second kappa shape index (κ2) is 15.0. The quantitative estimate of drug-likeness (QED) is 0.142. The fraction of sp³-hybridized carbons (Fsp3) is 0.174. The second-order valence-electron chi connectivity index (χ2n) is 12.5. The highest BCUT2D eigenvalue weighted by molar-refractivity contribution is 6.10. The van der Waals surface area contributed by atoms with E-state index >= 15 is 0 Å². The Morgan fingerprint density at radius 1 is 0.462 bits per heavy atom. The van der Waals surface area contributed by atoms with Crippen molar-refractivity contribution < 1.29 is 19.1 Å². The molecule has 0 aliphatic heterocycles. The summed E-state index contributed by atoms with van der Waals surface area (Å²) in [7, 11) is 0. The summed E-state index contributed by atoms with van der Waals surface area (Å²) in [4.78, 5) is 23.5. The molecule has 0 spiro atoms. The van der Waals surface area contributed by atoms with Crippen LogP contribution < -0.4 is 0 Å². The molecule has 0 saturated heterocycles. The zero-order valence-electron chi connectivity index (χ0n) is 30.1. The SMILES string of the molecule is CC.CCC(=O)OCc1ccc2c(c1)c1ccccc1n2-c1ccc(-c2ccc(-n3c4ccccc4c4cc(COC(=O)CC)ccc43)cc2)cc1. The Labute approximate surface area is 303 Å². The van der Waals surface area contributed by atoms with Gasteiger partial charge in [0.2, 0.25) is 0 Å². The molecule has 0 saturated carbocycles. The molecule has 0 radical (unpaired) electrons. The normalized spacial score (nSPS) is 11.2. The maximum absolute atomic E-state index is 11.8. The van der Waals surface area contributed by atoms with Crippen LogP contribution in [0.2, 0.25) is 0 Å². The molecular weight excluding hydrogens is 645 g/mol. The number of fused-ring (bicyclic) bond motifs is 6. The smallest absolute Gasteiger partial charge is 0.305 e. The number of para-hydroxylation sites is 2. The van der Waals surface area contributed by atoms with Crippen LogP contribution in [0.25, 0.3) is 66.1 Å². The predicted octanol–water partition coefficient (Wildman–Crippen LogP) is 11.5. The maximum atomic E-state index is 11.8. The van der Waals surface area contributed by atoms with Crippen LogP contribution in [0.5, 0.6) is 0 Å². The minimum atomic E-state index is -0.197. The van der Waals surface area contributed by atoms with Crippen molar-refractivity contribution in [3.63, 3.8) is 0 Å². The Kier molecular flexibility index (Phi) is 9.90. The molecule has 2 heterocycles. The van der Waals surface area contributed by atoms with Crippen molar-refractivity contribution in [1.82, 2.24) is 9.13 Å². The molecule has 52 heavy (non-hydrogen) atoms. The highest BCUT2D eigenvalue weighted by Crippen LogP contribution is 2.35. The van der Waals surface area contributed by atoms with Crippen molar-refractivity contribution in [1.29, 1.82) is 0 Å². The fourth-order valence-electron chi connectivity index (χ4n) is 6.91. The van der Waals surface area contributed by atoms with Crippen LogP contribution >= 0.6 is 0 Å². The van der Waals surface area contributed by atoms with Gasteiger partial charge in [-0.2, -0.15) is 0 Å². The number of hydrogen-bond donors (Lipinski definition) is 0. The molecule has 2 aromatic heterocycles. The van der Waals surface area contributed by atoms with Gasteiger partial charge in [-0.15, -0.1) is 0 Å². The summed E-state index contributed by atoms with van der Waals surface area (Å²) in [5.41, 5.74) is 10.8. The van der Waals surface area contributed by atoms with Crippen molar-refractivity contribution in [3.8, 4) is 22.5 Å². The van der Waals surface area contributed by atoms with Gasteiger partial charge in [0, 0.05) is 45.8 Å². The minimum absolute atomic E-state index is 0.197. The highest BCUT2D eigenvalue weighted by Gasteiger charge is 2.15. The molecule has 0 amide bonds. The first-order chi connectivity index (χ1) is 25.5. The molecule has 0 N–H and O–H groups in total. The van der Waals surface area contributed by atoms with Gasteiger partial charge in [0.1, 0.15) is 13.2 Å². The van der Waals surface area contributed by atoms with Crippen LogP contribution in [0.1, 0.15) is 51.7 Å². The highest BCUT2D eigenvalue weighted by atomic mass is 16.5. The molecule has 0 aliphatic rings. The molecule has 6 aromatic carbocycles. The predicted molar refractivity (Wildman–Crippen MR) is 212 cm³/mol. The number of ether oxygens (including phenoxy) is 2. The molecule has 0 atom stereocenters. The lowest BCUT2D eigenvalue weighted by Crippen LogP contribution is -2.02. The number of rotatable bonds is 9. The summed E-state index contributed by atoms with van der Waals surface area (Å²) >= 11 is 0. The third kappa shape index (κ3) is 6.44. The lowest BCUT2D eigenvalue weighted by atomic mass is 10.0. The lowest BCUT2D eigenvalue weighted by molar-refractivity contribution is -0.145.